The van der Waals surface area contributed by atoms with Crippen LogP contribution in [0.4, 0.5) is 0 Å². The van der Waals surface area contributed by atoms with Crippen LogP contribution in [-0.4, -0.2) is 42.4 Å². The SMILES string of the molecule is Cc1ccc(OCCN2CC[C@@H](O)C2)cc1. The summed E-state index contributed by atoms with van der Waals surface area (Å²) in [6.45, 7) is 5.42. The second kappa shape index (κ2) is 5.32. The number of ether oxygens (including phenoxy) is 1. The Labute approximate surface area is 96.6 Å². The number of nitrogens with zero attached hydrogens (tertiary/aromatic N) is 1. The lowest BCUT2D eigenvalue weighted by molar-refractivity contribution is 0.167. The van der Waals surface area contributed by atoms with Gasteiger partial charge in [0.25, 0.3) is 0 Å². The summed E-state index contributed by atoms with van der Waals surface area (Å²) in [5, 5.41) is 9.36. The first kappa shape index (κ1) is 11.4. The quantitative estimate of drug-likeness (QED) is 0.835. The summed E-state index contributed by atoms with van der Waals surface area (Å²) in [6, 6.07) is 8.09. The van der Waals surface area contributed by atoms with E-state index >= 15 is 0 Å². The van der Waals surface area contributed by atoms with E-state index in [1.165, 1.54) is 5.56 Å². The van der Waals surface area contributed by atoms with Crippen molar-refractivity contribution in [1.29, 1.82) is 0 Å². The second-order valence-corrected chi connectivity index (χ2v) is 4.40. The van der Waals surface area contributed by atoms with Gasteiger partial charge < -0.3 is 9.84 Å². The smallest absolute Gasteiger partial charge is 0.119 e. The normalized spacial score (nSPS) is 21.2. The summed E-state index contributed by atoms with van der Waals surface area (Å²) in [7, 11) is 0. The molecule has 16 heavy (non-hydrogen) atoms. The highest BCUT2D eigenvalue weighted by atomic mass is 16.5. The molecule has 0 saturated carbocycles. The van der Waals surface area contributed by atoms with Crippen LogP contribution in [-0.2, 0) is 0 Å². The molecule has 1 heterocycles. The van der Waals surface area contributed by atoms with Crippen LogP contribution in [0.1, 0.15) is 12.0 Å². The van der Waals surface area contributed by atoms with Crippen molar-refractivity contribution in [2.45, 2.75) is 19.4 Å². The zero-order chi connectivity index (χ0) is 11.4. The second-order valence-electron chi connectivity index (χ2n) is 4.40. The van der Waals surface area contributed by atoms with Crippen molar-refractivity contribution < 1.29 is 9.84 Å². The van der Waals surface area contributed by atoms with Crippen LogP contribution in [0.3, 0.4) is 0 Å². The van der Waals surface area contributed by atoms with Crippen molar-refractivity contribution >= 4 is 0 Å². The molecule has 1 atom stereocenters. The zero-order valence-electron chi connectivity index (χ0n) is 9.72. The van der Waals surface area contributed by atoms with Crippen LogP contribution >= 0.6 is 0 Å². The van der Waals surface area contributed by atoms with Gasteiger partial charge in [0.15, 0.2) is 0 Å². The lowest BCUT2D eigenvalue weighted by Crippen LogP contribution is -2.27. The van der Waals surface area contributed by atoms with Gasteiger partial charge in [0.1, 0.15) is 12.4 Å². The molecule has 0 aromatic heterocycles. The fourth-order valence-corrected chi connectivity index (χ4v) is 1.94. The maximum Gasteiger partial charge on any atom is 0.119 e. The van der Waals surface area contributed by atoms with E-state index in [0.29, 0.717) is 6.61 Å². The van der Waals surface area contributed by atoms with Crippen molar-refractivity contribution in [1.82, 2.24) is 4.90 Å². The van der Waals surface area contributed by atoms with Crippen molar-refractivity contribution in [2.75, 3.05) is 26.2 Å². The Bertz CT molecular complexity index is 323. The number of likely N-dealkylation sites (tertiary alicyclic amines) is 1. The average molecular weight is 221 g/mol. The number of aliphatic hydroxyl groups excluding tert-OH is 1. The summed E-state index contributed by atoms with van der Waals surface area (Å²) in [6.07, 6.45) is 0.754. The summed E-state index contributed by atoms with van der Waals surface area (Å²) in [5.41, 5.74) is 1.25. The Morgan fingerprint density at radius 2 is 2.12 bits per heavy atom. The van der Waals surface area contributed by atoms with E-state index in [1.54, 1.807) is 0 Å². The molecule has 0 spiro atoms. The Hall–Kier alpha value is -1.06. The molecule has 2 rings (SSSR count). The monoisotopic (exact) mass is 221 g/mol. The summed E-state index contributed by atoms with van der Waals surface area (Å²) < 4.78 is 5.63. The lowest BCUT2D eigenvalue weighted by Gasteiger charge is -2.15. The molecule has 3 nitrogen and oxygen atoms in total. The van der Waals surface area contributed by atoms with E-state index < -0.39 is 0 Å². The predicted octanol–water partition coefficient (Wildman–Crippen LogP) is 1.44. The standard InChI is InChI=1S/C13H19NO2/c1-11-2-4-13(5-3-11)16-9-8-14-7-6-12(15)10-14/h2-5,12,15H,6-10H2,1H3/t12-/m1/s1. The third kappa shape index (κ3) is 3.22. The molecule has 88 valence electrons. The highest BCUT2D eigenvalue weighted by Crippen LogP contribution is 2.12. The van der Waals surface area contributed by atoms with Crippen molar-refractivity contribution in [2.24, 2.45) is 0 Å². The fourth-order valence-electron chi connectivity index (χ4n) is 1.94. The molecule has 1 N–H and O–H groups in total. The van der Waals surface area contributed by atoms with Crippen LogP contribution in [0.5, 0.6) is 5.75 Å². The summed E-state index contributed by atoms with van der Waals surface area (Å²) in [5.74, 6) is 0.922. The average Bonchev–Trinajstić information content (AvgIpc) is 2.67. The van der Waals surface area contributed by atoms with Crippen LogP contribution in [0.15, 0.2) is 24.3 Å². The number of hydrogen-bond donors (Lipinski definition) is 1. The van der Waals surface area contributed by atoms with Crippen molar-refractivity contribution in [3.63, 3.8) is 0 Å². The highest BCUT2D eigenvalue weighted by molar-refractivity contribution is 5.26. The number of aryl methyl sites for hydroxylation is 1. The van der Waals surface area contributed by atoms with E-state index in [9.17, 15) is 5.11 Å². The van der Waals surface area contributed by atoms with Gasteiger partial charge in [-0.3, -0.25) is 4.90 Å². The molecule has 1 aromatic rings. The Balaban J connectivity index is 1.70. The predicted molar refractivity (Wildman–Crippen MR) is 63.7 cm³/mol. The Morgan fingerprint density at radius 3 is 2.75 bits per heavy atom. The molecule has 1 aromatic carbocycles. The molecule has 1 aliphatic heterocycles. The lowest BCUT2D eigenvalue weighted by atomic mass is 10.2. The molecule has 0 radical (unpaired) electrons. The third-order valence-corrected chi connectivity index (χ3v) is 2.94. The van der Waals surface area contributed by atoms with Gasteiger partial charge in [-0.2, -0.15) is 0 Å². The molecule has 0 aliphatic carbocycles. The first-order valence-corrected chi connectivity index (χ1v) is 5.84. The minimum absolute atomic E-state index is 0.139. The molecular formula is C13H19NO2. The van der Waals surface area contributed by atoms with Gasteiger partial charge >= 0.3 is 0 Å². The van der Waals surface area contributed by atoms with Crippen LogP contribution in [0.25, 0.3) is 0 Å². The zero-order valence-corrected chi connectivity index (χ0v) is 9.72. The third-order valence-electron chi connectivity index (χ3n) is 2.94. The number of rotatable bonds is 4. The Kier molecular flexibility index (Phi) is 3.80. The van der Waals surface area contributed by atoms with E-state index in [0.717, 1.165) is 31.8 Å². The maximum absolute atomic E-state index is 9.36. The van der Waals surface area contributed by atoms with E-state index in [4.69, 9.17) is 4.74 Å². The van der Waals surface area contributed by atoms with Crippen molar-refractivity contribution in [3.8, 4) is 5.75 Å². The number of aliphatic hydroxyl groups is 1. The first-order chi connectivity index (χ1) is 7.74. The van der Waals surface area contributed by atoms with Gasteiger partial charge in [0.05, 0.1) is 6.10 Å². The number of hydrogen-bond acceptors (Lipinski definition) is 3. The molecule has 1 saturated heterocycles. The molecule has 0 bridgehead atoms. The minimum Gasteiger partial charge on any atom is -0.492 e. The highest BCUT2D eigenvalue weighted by Gasteiger charge is 2.19. The van der Waals surface area contributed by atoms with Crippen LogP contribution < -0.4 is 4.74 Å². The Morgan fingerprint density at radius 1 is 1.38 bits per heavy atom. The van der Waals surface area contributed by atoms with Gasteiger partial charge in [0, 0.05) is 19.6 Å². The molecule has 0 amide bonds. The first-order valence-electron chi connectivity index (χ1n) is 5.84. The largest absolute Gasteiger partial charge is 0.492 e. The molecule has 0 unspecified atom stereocenters. The molecule has 1 aliphatic rings. The van der Waals surface area contributed by atoms with Gasteiger partial charge in [0.2, 0.25) is 0 Å². The molecular weight excluding hydrogens is 202 g/mol. The summed E-state index contributed by atoms with van der Waals surface area (Å²) >= 11 is 0. The van der Waals surface area contributed by atoms with Gasteiger partial charge in [-0.25, -0.2) is 0 Å². The van der Waals surface area contributed by atoms with E-state index in [1.807, 2.05) is 12.1 Å². The summed E-state index contributed by atoms with van der Waals surface area (Å²) in [4.78, 5) is 2.23. The molecule has 3 heteroatoms. The molecule has 1 fully saturated rings. The van der Waals surface area contributed by atoms with Crippen LogP contribution in [0, 0.1) is 6.92 Å². The van der Waals surface area contributed by atoms with Gasteiger partial charge in [-0.15, -0.1) is 0 Å². The van der Waals surface area contributed by atoms with E-state index in [2.05, 4.69) is 24.0 Å². The van der Waals surface area contributed by atoms with Gasteiger partial charge in [-0.1, -0.05) is 17.7 Å². The maximum atomic E-state index is 9.36. The number of β-amino-alcohol motifs (C(OH)–C–C–N with tert-alkyl or cyclic N) is 1. The van der Waals surface area contributed by atoms with Gasteiger partial charge in [-0.05, 0) is 25.5 Å². The number of benzene rings is 1. The van der Waals surface area contributed by atoms with Crippen LogP contribution in [0.2, 0.25) is 0 Å². The fraction of sp³-hybridized carbons (Fsp3) is 0.538. The van der Waals surface area contributed by atoms with E-state index in [-0.39, 0.29) is 6.10 Å². The van der Waals surface area contributed by atoms with Crippen molar-refractivity contribution in [3.05, 3.63) is 29.8 Å². The topological polar surface area (TPSA) is 32.7 Å². The minimum atomic E-state index is -0.139.